The van der Waals surface area contributed by atoms with Crippen LogP contribution in [0.1, 0.15) is 99.5 Å². The number of rotatable bonds is 22. The molecule has 4 fully saturated rings. The van der Waals surface area contributed by atoms with Crippen LogP contribution in [0.4, 0.5) is 67.5 Å². The van der Waals surface area contributed by atoms with Gasteiger partial charge in [-0.2, -0.15) is 4.98 Å². The Hall–Kier alpha value is -14.9. The van der Waals surface area contributed by atoms with E-state index in [4.69, 9.17) is 32.8 Å². The number of hydrogen-bond acceptors (Lipinski definition) is 33. The molecular formula is C90H95N25O14S2. The molecule has 12 aromatic rings. The van der Waals surface area contributed by atoms with Crippen LogP contribution < -0.4 is 110 Å². The average molecular weight is 1820 g/mol. The molecule has 41 heteroatoms. The first-order valence-corrected chi connectivity index (χ1v) is 44.0. The number of H-pyrrole nitrogens is 1. The van der Waals surface area contributed by atoms with Crippen molar-refractivity contribution in [3.05, 3.63) is 225 Å². The summed E-state index contributed by atoms with van der Waals surface area (Å²) in [6.45, 7) is 16.3. The van der Waals surface area contributed by atoms with Gasteiger partial charge in [-0.25, -0.2) is 0 Å². The number of pyridine rings is 4. The number of aromatic amines is 1. The van der Waals surface area contributed by atoms with Crippen molar-refractivity contribution in [1.82, 2.24) is 66.6 Å². The van der Waals surface area contributed by atoms with Gasteiger partial charge in [-0.05, 0) is 125 Å². The first-order chi connectivity index (χ1) is 64.0. The molecule has 0 radical (unpaired) electrons. The van der Waals surface area contributed by atoms with Gasteiger partial charge < -0.3 is 99.9 Å². The molecule has 4 aromatic carbocycles. The Kier molecular flexibility index (Phi) is 27.0. The Labute approximate surface area is 760 Å². The lowest BCUT2D eigenvalue weighted by molar-refractivity contribution is 0.0984. The highest BCUT2D eigenvalue weighted by atomic mass is 32.1. The highest BCUT2D eigenvalue weighted by molar-refractivity contribution is 7.18. The third kappa shape index (κ3) is 19.5. The van der Waals surface area contributed by atoms with Crippen molar-refractivity contribution in [2.45, 2.75) is 32.7 Å². The number of nitrogens with zero attached hydrogens (tertiary/aromatic N) is 16. The van der Waals surface area contributed by atoms with Crippen molar-refractivity contribution in [3.8, 4) is 34.5 Å². The molecular weight excluding hydrogens is 1720 g/mol. The van der Waals surface area contributed by atoms with Crippen LogP contribution in [0.25, 0.3) is 0 Å². The molecule has 0 aliphatic carbocycles. The topological polar surface area (TPSA) is 429 Å². The summed E-state index contributed by atoms with van der Waals surface area (Å²) < 4.78 is 37.6. The van der Waals surface area contributed by atoms with Crippen LogP contribution in [0.3, 0.4) is 0 Å². The molecule has 20 rings (SSSR count). The first-order valence-electron chi connectivity index (χ1n) is 42.4. The van der Waals surface area contributed by atoms with Crippen LogP contribution in [-0.4, -0.2) is 234 Å². The normalized spacial score (nSPS) is 15.5. The van der Waals surface area contributed by atoms with Crippen LogP contribution in [0, 0.1) is 0 Å². The Morgan fingerprint density at radius 1 is 0.374 bits per heavy atom. The highest BCUT2D eigenvalue weighted by Crippen LogP contribution is 2.43. The van der Waals surface area contributed by atoms with E-state index < -0.39 is 11.8 Å². The number of piperazine rings is 4. The maximum atomic E-state index is 13.1. The van der Waals surface area contributed by atoms with Crippen LogP contribution >= 0.6 is 22.7 Å². The van der Waals surface area contributed by atoms with Crippen molar-refractivity contribution in [1.29, 1.82) is 0 Å². The van der Waals surface area contributed by atoms with Gasteiger partial charge in [0.1, 0.15) is 11.5 Å². The van der Waals surface area contributed by atoms with E-state index >= 15 is 0 Å². The molecule has 676 valence electrons. The number of carbonyl (C=O) groups excluding carboxylic acids is 7. The fraction of sp³-hybridized carbons (Fsp3) is 0.300. The fourth-order valence-electron chi connectivity index (χ4n) is 16.3. The molecule has 0 unspecified atom stereocenters. The number of methoxy groups -OCH3 is 6. The average Bonchev–Trinajstić information content (AvgIpc) is 1.62. The third-order valence-electron chi connectivity index (χ3n) is 23.1. The van der Waals surface area contributed by atoms with Gasteiger partial charge in [0.2, 0.25) is 5.82 Å². The van der Waals surface area contributed by atoms with Gasteiger partial charge in [-0.1, -0.05) is 17.2 Å². The molecule has 9 N–H and O–H groups in total. The van der Waals surface area contributed by atoms with E-state index in [9.17, 15) is 33.6 Å². The quantitative estimate of drug-likeness (QED) is 0.0306. The summed E-state index contributed by atoms with van der Waals surface area (Å²) in [5, 5.41) is 41.2. The van der Waals surface area contributed by atoms with E-state index in [1.165, 1.54) is 27.6 Å². The molecule has 0 atom stereocenters. The summed E-state index contributed by atoms with van der Waals surface area (Å²) >= 11 is 2.58. The Morgan fingerprint density at radius 3 is 1.15 bits per heavy atom. The van der Waals surface area contributed by atoms with Gasteiger partial charge in [0.15, 0.2) is 23.0 Å². The van der Waals surface area contributed by atoms with Gasteiger partial charge in [0.25, 0.3) is 41.4 Å². The molecule has 8 aliphatic heterocycles. The Morgan fingerprint density at radius 2 is 0.740 bits per heavy atom. The van der Waals surface area contributed by atoms with Crippen LogP contribution in [0.2, 0.25) is 0 Å². The minimum absolute atomic E-state index is 0.0106. The highest BCUT2D eigenvalue weighted by Gasteiger charge is 2.37. The molecule has 4 saturated heterocycles. The minimum atomic E-state index is -0.474. The lowest BCUT2D eigenvalue weighted by atomic mass is 10.1. The predicted octanol–water partition coefficient (Wildman–Crippen LogP) is 8.65. The zero-order valence-corrected chi connectivity index (χ0v) is 74.2. The molecule has 0 spiro atoms. The van der Waals surface area contributed by atoms with E-state index in [-0.39, 0.29) is 53.2 Å². The van der Waals surface area contributed by atoms with Gasteiger partial charge in [-0.15, -0.1) is 32.9 Å². The van der Waals surface area contributed by atoms with Crippen molar-refractivity contribution < 1.29 is 66.4 Å². The number of aromatic nitrogens is 9. The van der Waals surface area contributed by atoms with Crippen molar-refractivity contribution in [2.24, 2.45) is 0 Å². The summed E-state index contributed by atoms with van der Waals surface area (Å²) in [6, 6.07) is 33.3. The zero-order valence-electron chi connectivity index (χ0n) is 72.5. The van der Waals surface area contributed by atoms with Crippen LogP contribution in [0.15, 0.2) is 163 Å². The molecule has 8 aromatic heterocycles. The number of nitrogens with one attached hydrogen (secondary N) is 9. The van der Waals surface area contributed by atoms with E-state index in [1.54, 1.807) is 144 Å². The third-order valence-corrected chi connectivity index (χ3v) is 25.3. The van der Waals surface area contributed by atoms with Crippen molar-refractivity contribution >= 4 is 131 Å². The Bertz CT molecular complexity index is 6010. The summed E-state index contributed by atoms with van der Waals surface area (Å²) in [6.07, 6.45) is 13.5. The number of anilines is 12. The Balaban J connectivity index is 0.000000122. The van der Waals surface area contributed by atoms with E-state index in [0.29, 0.717) is 121 Å². The standard InChI is InChI=1S/C24H25N5O4S.C23H23N5O3S.C22H25N7O4.C21H22N8O3/c1-32-19-11-15-14-29(24(31)16(15)12-20(19)33-2)22-4-3-21(34-22)23(30)27-17-13-26-6-5-18(17)28-9-7-25-8-10-28;1-31-16-3-2-15-14-28(23(30)17(15)12-16)21-5-4-20(32-21)22(29)26-18-13-25-7-6-19(18)27-10-8-24-9-11-27;1-31-18-9-14-12-29(13-15(14)10-19(18)32-2)22-27-26-21(33-22)20(30)25-16-11-24-4-3-17(16)28-7-5-23-6-8-28;1-32-14-3-2-13-12-29(20(31)15(13)10-14)21-25-18(26-27-21)19(30)24-16-11-23-5-4-17(16)28-8-6-22-7-9-28/h3-6,11-13,25H,7-10,14H2,1-2H3,(H,27,30);2-7,12-13,24H,8-11,14H2,1H3,(H,26,29);3-4,9-11,23H,5-8,12-13H2,1-2H3,(H,25,30);2-5,10-11,22H,6-9,12H2,1H3,(H,24,30)(H,25,26,27). The zero-order chi connectivity index (χ0) is 90.6. The number of benzene rings is 4. The molecule has 16 heterocycles. The lowest BCUT2D eigenvalue weighted by Crippen LogP contribution is -2.43. The number of carbonyl (C=O) groups is 7. The van der Waals surface area contributed by atoms with Crippen LogP contribution in [-0.2, 0) is 32.7 Å². The number of ether oxygens (including phenoxy) is 6. The fourth-order valence-corrected chi connectivity index (χ4v) is 18.1. The van der Waals surface area contributed by atoms with Crippen LogP contribution in [0.5, 0.6) is 34.5 Å². The summed E-state index contributed by atoms with van der Waals surface area (Å²) in [5.74, 6) is 1.91. The monoisotopic (exact) mass is 1810 g/mol. The summed E-state index contributed by atoms with van der Waals surface area (Å²) in [4.78, 5) is 128. The molecule has 0 bridgehead atoms. The lowest BCUT2D eigenvalue weighted by Gasteiger charge is -2.30. The number of thiophene rings is 2. The summed E-state index contributed by atoms with van der Waals surface area (Å²) in [7, 11) is 9.46. The molecule has 131 heavy (non-hydrogen) atoms. The van der Waals surface area contributed by atoms with Crippen molar-refractivity contribution in [3.63, 3.8) is 0 Å². The molecule has 0 saturated carbocycles. The first kappa shape index (κ1) is 88.1. The van der Waals surface area contributed by atoms with Gasteiger partial charge >= 0.3 is 17.8 Å². The SMILES string of the molecule is COc1cc2c(cc1OC)C(=O)N(c1ccc(C(=O)Nc3cnccc3N3CCNCC3)s1)C2.COc1cc2c(cc1OC)CN(c1nnc(C(=O)Nc3cnccc3N3CCNCC3)o1)C2.COc1ccc2c(c1)C(=O)N(c1ccc(C(=O)Nc3cnccc3N3CCNCC3)s1)C2.COc1ccc2c(c1)C(=O)N(c1n[nH]c(C(=O)Nc3cnccc3N3CCNCC3)n1)C2. The molecule has 7 amide bonds. The van der Waals surface area contributed by atoms with Gasteiger partial charge in [-0.3, -0.25) is 73.3 Å². The molecule has 8 aliphatic rings. The largest absolute Gasteiger partial charge is 0.497 e. The second kappa shape index (κ2) is 40.2. The van der Waals surface area contributed by atoms with Crippen molar-refractivity contribution in [2.75, 3.05) is 208 Å². The summed E-state index contributed by atoms with van der Waals surface area (Å²) in [5.41, 5.74) is 12.9. The van der Waals surface area contributed by atoms with Gasteiger partial charge in [0, 0.05) is 159 Å². The van der Waals surface area contributed by atoms with E-state index in [0.717, 1.165) is 160 Å². The minimum Gasteiger partial charge on any atom is -0.497 e. The second-order valence-electron chi connectivity index (χ2n) is 30.9. The molecule has 39 nitrogen and oxygen atoms in total. The predicted molar refractivity (Wildman–Crippen MR) is 495 cm³/mol. The maximum Gasteiger partial charge on any atom is 0.319 e. The number of fused-ring (bicyclic) bond motifs is 4. The second-order valence-corrected chi connectivity index (χ2v) is 33.0. The number of hydrogen-bond donors (Lipinski definition) is 9. The van der Waals surface area contributed by atoms with E-state index in [2.05, 4.69) is 107 Å². The van der Waals surface area contributed by atoms with Gasteiger partial charge in [0.05, 0.1) is 152 Å². The maximum absolute atomic E-state index is 13.1. The van der Waals surface area contributed by atoms with E-state index in [1.807, 2.05) is 71.6 Å². The smallest absolute Gasteiger partial charge is 0.319 e. The number of amides is 7.